The molecule has 0 radical (unpaired) electrons. The van der Waals surface area contributed by atoms with Crippen molar-refractivity contribution >= 4 is 6.72 Å². The van der Waals surface area contributed by atoms with Crippen molar-refractivity contribution in [2.24, 2.45) is 16.6 Å². The van der Waals surface area contributed by atoms with Crippen molar-refractivity contribution in [1.29, 1.82) is 0 Å². The molecule has 2 atom stereocenters. The first-order valence-electron chi connectivity index (χ1n) is 5.06. The molecule has 0 aliphatic rings. The molecule has 0 aliphatic heterocycles. The zero-order chi connectivity index (χ0) is 11.6. The van der Waals surface area contributed by atoms with Crippen LogP contribution in [-0.2, 0) is 0 Å². The monoisotopic (exact) mass is 200 g/mol. The topological polar surface area (TPSA) is 58.6 Å². The molecule has 14 heavy (non-hydrogen) atoms. The fourth-order valence-corrected chi connectivity index (χ4v) is 1.03. The quantitative estimate of drug-likeness (QED) is 0.662. The van der Waals surface area contributed by atoms with E-state index in [1.54, 1.807) is 0 Å². The molecule has 0 heterocycles. The Morgan fingerprint density at radius 3 is 2.07 bits per heavy atom. The van der Waals surface area contributed by atoms with Gasteiger partial charge in [-0.15, -0.1) is 0 Å². The molecule has 0 aromatic rings. The summed E-state index contributed by atoms with van der Waals surface area (Å²) in [6.07, 6.45) is 0.160. The molecule has 0 bridgehead atoms. The van der Waals surface area contributed by atoms with E-state index in [1.165, 1.54) is 0 Å². The Hall–Kier alpha value is -0.410. The van der Waals surface area contributed by atoms with Gasteiger partial charge in [-0.25, -0.2) is 0 Å². The van der Waals surface area contributed by atoms with E-state index in [0.717, 1.165) is 0 Å². The zero-order valence-electron chi connectivity index (χ0n) is 10.0. The standard InChI is InChI=1S/C11H24N2O/c1-8(10(2,3)12)7-9(14)11(4,5)13-6/h8-9,14H,6-7,12H2,1-5H3. The molecule has 0 rings (SSSR count). The van der Waals surface area contributed by atoms with Crippen molar-refractivity contribution in [3.63, 3.8) is 0 Å². The van der Waals surface area contributed by atoms with Crippen LogP contribution in [0.3, 0.4) is 0 Å². The summed E-state index contributed by atoms with van der Waals surface area (Å²) in [6.45, 7) is 13.2. The first kappa shape index (κ1) is 13.6. The molecule has 0 saturated heterocycles. The molecule has 0 aliphatic carbocycles. The fourth-order valence-electron chi connectivity index (χ4n) is 1.03. The molecular weight excluding hydrogens is 176 g/mol. The lowest BCUT2D eigenvalue weighted by Gasteiger charge is -2.33. The van der Waals surface area contributed by atoms with Gasteiger partial charge in [0, 0.05) is 5.54 Å². The highest BCUT2D eigenvalue weighted by Gasteiger charge is 2.31. The van der Waals surface area contributed by atoms with E-state index in [1.807, 2.05) is 34.6 Å². The maximum absolute atomic E-state index is 9.92. The molecular formula is C11H24N2O. The van der Waals surface area contributed by atoms with Crippen LogP contribution in [0, 0.1) is 5.92 Å². The third-order valence-corrected chi connectivity index (χ3v) is 3.07. The van der Waals surface area contributed by atoms with Crippen LogP contribution in [0.4, 0.5) is 0 Å². The predicted octanol–water partition coefficient (Wildman–Crippen LogP) is 1.59. The lowest BCUT2D eigenvalue weighted by molar-refractivity contribution is 0.0710. The minimum Gasteiger partial charge on any atom is -0.391 e. The van der Waals surface area contributed by atoms with Gasteiger partial charge >= 0.3 is 0 Å². The summed E-state index contributed by atoms with van der Waals surface area (Å²) in [5, 5.41) is 9.92. The van der Waals surface area contributed by atoms with Crippen molar-refractivity contribution in [2.45, 2.75) is 58.2 Å². The third-order valence-electron chi connectivity index (χ3n) is 3.07. The van der Waals surface area contributed by atoms with Gasteiger partial charge in [0.1, 0.15) is 0 Å². The van der Waals surface area contributed by atoms with Crippen LogP contribution in [-0.4, -0.2) is 29.0 Å². The Balaban J connectivity index is 4.33. The minimum absolute atomic E-state index is 0.249. The summed E-state index contributed by atoms with van der Waals surface area (Å²) in [4.78, 5) is 3.91. The van der Waals surface area contributed by atoms with E-state index in [2.05, 4.69) is 11.7 Å². The van der Waals surface area contributed by atoms with E-state index in [9.17, 15) is 5.11 Å². The van der Waals surface area contributed by atoms with Gasteiger partial charge in [-0.05, 0) is 46.8 Å². The van der Waals surface area contributed by atoms with Gasteiger partial charge in [0.05, 0.1) is 11.6 Å². The van der Waals surface area contributed by atoms with Gasteiger partial charge in [-0.1, -0.05) is 6.92 Å². The first-order chi connectivity index (χ1) is 6.11. The third kappa shape index (κ3) is 3.76. The van der Waals surface area contributed by atoms with Crippen molar-refractivity contribution < 1.29 is 5.11 Å². The summed E-state index contributed by atoms with van der Waals surface area (Å²) in [5.41, 5.74) is 5.20. The summed E-state index contributed by atoms with van der Waals surface area (Å²) >= 11 is 0. The van der Waals surface area contributed by atoms with Crippen molar-refractivity contribution in [3.8, 4) is 0 Å². The molecule has 2 unspecified atom stereocenters. The predicted molar refractivity (Wildman–Crippen MR) is 61.7 cm³/mol. The average Bonchev–Trinajstić information content (AvgIpc) is 2.02. The van der Waals surface area contributed by atoms with Crippen LogP contribution in [0.15, 0.2) is 4.99 Å². The second-order valence-corrected chi connectivity index (χ2v) is 5.29. The van der Waals surface area contributed by atoms with Gasteiger partial charge in [0.15, 0.2) is 0 Å². The Morgan fingerprint density at radius 1 is 1.36 bits per heavy atom. The highest BCUT2D eigenvalue weighted by Crippen LogP contribution is 2.25. The highest BCUT2D eigenvalue weighted by atomic mass is 16.3. The van der Waals surface area contributed by atoms with Crippen molar-refractivity contribution in [2.75, 3.05) is 0 Å². The maximum atomic E-state index is 9.92. The lowest BCUT2D eigenvalue weighted by atomic mass is 9.81. The van der Waals surface area contributed by atoms with Crippen LogP contribution in [0.2, 0.25) is 0 Å². The summed E-state index contributed by atoms with van der Waals surface area (Å²) in [5.74, 6) is 0.249. The summed E-state index contributed by atoms with van der Waals surface area (Å²) in [6, 6.07) is 0. The van der Waals surface area contributed by atoms with E-state index in [0.29, 0.717) is 6.42 Å². The maximum Gasteiger partial charge on any atom is 0.0802 e. The van der Waals surface area contributed by atoms with Crippen molar-refractivity contribution in [1.82, 2.24) is 0 Å². The normalized spacial score (nSPS) is 17.6. The van der Waals surface area contributed by atoms with Gasteiger partial charge in [-0.2, -0.15) is 0 Å². The Labute approximate surface area is 87.4 Å². The van der Waals surface area contributed by atoms with Gasteiger partial charge in [-0.3, -0.25) is 4.99 Å². The Kier molecular flexibility index (Phi) is 4.28. The molecule has 0 fully saturated rings. The number of aliphatic hydroxyl groups excluding tert-OH is 1. The highest BCUT2D eigenvalue weighted by molar-refractivity contribution is 5.26. The smallest absolute Gasteiger partial charge is 0.0802 e. The fraction of sp³-hybridized carbons (Fsp3) is 0.909. The van der Waals surface area contributed by atoms with Crippen LogP contribution in [0.1, 0.15) is 41.0 Å². The molecule has 0 aromatic heterocycles. The van der Waals surface area contributed by atoms with E-state index in [4.69, 9.17) is 5.73 Å². The number of rotatable bonds is 5. The van der Waals surface area contributed by atoms with E-state index < -0.39 is 11.6 Å². The number of hydrogen-bond acceptors (Lipinski definition) is 3. The molecule has 0 spiro atoms. The van der Waals surface area contributed by atoms with Gasteiger partial charge in [0.25, 0.3) is 0 Å². The average molecular weight is 200 g/mol. The molecule has 3 nitrogen and oxygen atoms in total. The molecule has 0 amide bonds. The zero-order valence-corrected chi connectivity index (χ0v) is 10.0. The first-order valence-corrected chi connectivity index (χ1v) is 5.06. The molecule has 3 N–H and O–H groups in total. The molecule has 3 heteroatoms. The second kappa shape index (κ2) is 4.41. The van der Waals surface area contributed by atoms with E-state index in [-0.39, 0.29) is 11.5 Å². The van der Waals surface area contributed by atoms with Gasteiger partial charge in [0.2, 0.25) is 0 Å². The van der Waals surface area contributed by atoms with Crippen LogP contribution in [0.25, 0.3) is 0 Å². The van der Waals surface area contributed by atoms with Crippen LogP contribution >= 0.6 is 0 Å². The van der Waals surface area contributed by atoms with Crippen LogP contribution < -0.4 is 5.73 Å². The second-order valence-electron chi connectivity index (χ2n) is 5.29. The summed E-state index contributed by atoms with van der Waals surface area (Å²) < 4.78 is 0. The largest absolute Gasteiger partial charge is 0.391 e. The number of nitrogens with zero attached hydrogens (tertiary/aromatic N) is 1. The Morgan fingerprint density at radius 2 is 1.79 bits per heavy atom. The summed E-state index contributed by atoms with van der Waals surface area (Å²) in [7, 11) is 0. The van der Waals surface area contributed by atoms with Crippen molar-refractivity contribution in [3.05, 3.63) is 0 Å². The minimum atomic E-state index is -0.488. The van der Waals surface area contributed by atoms with E-state index >= 15 is 0 Å². The lowest BCUT2D eigenvalue weighted by Crippen LogP contribution is -2.44. The van der Waals surface area contributed by atoms with Gasteiger partial charge < -0.3 is 10.8 Å². The number of hydrogen-bond donors (Lipinski definition) is 2. The number of aliphatic imine (C=N–C) groups is 1. The number of aliphatic hydroxyl groups is 1. The molecule has 84 valence electrons. The number of nitrogens with two attached hydrogens (primary N) is 1. The van der Waals surface area contributed by atoms with Crippen LogP contribution in [0.5, 0.6) is 0 Å². The Bertz CT molecular complexity index is 194. The SMILES string of the molecule is C=NC(C)(C)C(O)CC(C)C(C)(C)N. The molecule has 0 saturated carbocycles. The molecule has 0 aromatic carbocycles.